The molecule has 0 fully saturated rings. The lowest BCUT2D eigenvalue weighted by molar-refractivity contribution is -0.136. The molecular weight excluding hydrogens is 192 g/mol. The molecule has 1 atom stereocenters. The molecule has 0 saturated heterocycles. The molecule has 0 aliphatic rings. The third-order valence-electron chi connectivity index (χ3n) is 1.47. The highest BCUT2D eigenvalue weighted by molar-refractivity contribution is 7.99. The molecule has 0 radical (unpaired) electrons. The maximum atomic E-state index is 10.6. The molecule has 0 aromatic carbocycles. The summed E-state index contributed by atoms with van der Waals surface area (Å²) < 4.78 is 4.52. The SMILES string of the molecule is CCC(SCc1ncon1)C(=O)O. The second-order valence-electron chi connectivity index (χ2n) is 2.39. The van der Waals surface area contributed by atoms with Gasteiger partial charge in [0.25, 0.3) is 0 Å². The van der Waals surface area contributed by atoms with E-state index in [0.717, 1.165) is 0 Å². The van der Waals surface area contributed by atoms with E-state index in [0.29, 0.717) is 18.0 Å². The fourth-order valence-corrected chi connectivity index (χ4v) is 1.65. The van der Waals surface area contributed by atoms with Gasteiger partial charge in [-0.3, -0.25) is 4.79 Å². The van der Waals surface area contributed by atoms with Crippen LogP contribution >= 0.6 is 11.8 Å². The van der Waals surface area contributed by atoms with E-state index in [1.165, 1.54) is 18.2 Å². The Labute approximate surface area is 79.5 Å². The zero-order valence-corrected chi connectivity index (χ0v) is 7.95. The Kier molecular flexibility index (Phi) is 3.75. The molecule has 0 saturated carbocycles. The number of carbonyl (C=O) groups is 1. The molecule has 1 heterocycles. The third kappa shape index (κ3) is 3.06. The normalized spacial score (nSPS) is 12.7. The largest absolute Gasteiger partial charge is 0.480 e. The molecule has 1 unspecified atom stereocenters. The second-order valence-corrected chi connectivity index (χ2v) is 3.58. The van der Waals surface area contributed by atoms with Crippen molar-refractivity contribution in [2.24, 2.45) is 0 Å². The van der Waals surface area contributed by atoms with Crippen molar-refractivity contribution in [3.8, 4) is 0 Å². The first kappa shape index (κ1) is 10.0. The van der Waals surface area contributed by atoms with Crippen LogP contribution in [0.4, 0.5) is 0 Å². The van der Waals surface area contributed by atoms with Crippen molar-refractivity contribution < 1.29 is 14.4 Å². The first-order valence-corrected chi connectivity index (χ1v) is 4.88. The molecule has 0 bridgehead atoms. The summed E-state index contributed by atoms with van der Waals surface area (Å²) in [7, 11) is 0. The number of carboxylic acid groups (broad SMARTS) is 1. The average Bonchev–Trinajstić information content (AvgIpc) is 2.57. The molecule has 6 heteroatoms. The fourth-order valence-electron chi connectivity index (χ4n) is 0.795. The minimum absolute atomic E-state index is 0.390. The van der Waals surface area contributed by atoms with Gasteiger partial charge in [0.15, 0.2) is 5.82 Å². The number of rotatable bonds is 5. The Morgan fingerprint density at radius 3 is 3.08 bits per heavy atom. The van der Waals surface area contributed by atoms with Crippen molar-refractivity contribution in [3.05, 3.63) is 12.2 Å². The molecule has 0 aliphatic heterocycles. The van der Waals surface area contributed by atoms with E-state index in [1.54, 1.807) is 0 Å². The van der Waals surface area contributed by atoms with Crippen molar-refractivity contribution in [2.75, 3.05) is 0 Å². The van der Waals surface area contributed by atoms with Crippen LogP contribution in [0.15, 0.2) is 10.9 Å². The highest BCUT2D eigenvalue weighted by Gasteiger charge is 2.16. The zero-order valence-electron chi connectivity index (χ0n) is 7.14. The van der Waals surface area contributed by atoms with Crippen molar-refractivity contribution in [2.45, 2.75) is 24.3 Å². The van der Waals surface area contributed by atoms with Gasteiger partial charge in [0, 0.05) is 0 Å². The number of nitrogens with zero attached hydrogens (tertiary/aromatic N) is 2. The highest BCUT2D eigenvalue weighted by Crippen LogP contribution is 2.18. The molecule has 13 heavy (non-hydrogen) atoms. The van der Waals surface area contributed by atoms with Gasteiger partial charge in [-0.15, -0.1) is 11.8 Å². The summed E-state index contributed by atoms with van der Waals surface area (Å²) in [6, 6.07) is 0. The lowest BCUT2D eigenvalue weighted by atomic mass is 10.3. The van der Waals surface area contributed by atoms with Crippen LogP contribution in [0.1, 0.15) is 19.2 Å². The van der Waals surface area contributed by atoms with Gasteiger partial charge in [0.2, 0.25) is 6.39 Å². The molecule has 1 aromatic rings. The minimum Gasteiger partial charge on any atom is -0.480 e. The van der Waals surface area contributed by atoms with Crippen molar-refractivity contribution >= 4 is 17.7 Å². The third-order valence-corrected chi connectivity index (χ3v) is 2.83. The van der Waals surface area contributed by atoms with E-state index < -0.39 is 11.2 Å². The van der Waals surface area contributed by atoms with Gasteiger partial charge < -0.3 is 9.63 Å². The summed E-state index contributed by atoms with van der Waals surface area (Å²) in [5.74, 6) is 0.210. The average molecular weight is 202 g/mol. The maximum Gasteiger partial charge on any atom is 0.316 e. The Hall–Kier alpha value is -1.04. The summed E-state index contributed by atoms with van der Waals surface area (Å²) in [4.78, 5) is 14.4. The van der Waals surface area contributed by atoms with E-state index in [2.05, 4.69) is 14.7 Å². The van der Waals surface area contributed by atoms with Gasteiger partial charge >= 0.3 is 5.97 Å². The molecule has 0 spiro atoms. The summed E-state index contributed by atoms with van der Waals surface area (Å²) in [5, 5.41) is 11.9. The van der Waals surface area contributed by atoms with Crippen molar-refractivity contribution in [1.29, 1.82) is 0 Å². The first-order chi connectivity index (χ1) is 6.24. The van der Waals surface area contributed by atoms with Crippen LogP contribution in [-0.4, -0.2) is 26.5 Å². The summed E-state index contributed by atoms with van der Waals surface area (Å²) in [6.45, 7) is 1.84. The minimum atomic E-state index is -0.795. The molecular formula is C7H10N2O3S. The molecule has 1 rings (SSSR count). The Balaban J connectivity index is 2.36. The summed E-state index contributed by atoms with van der Waals surface area (Å²) in [6.07, 6.45) is 1.83. The van der Waals surface area contributed by atoms with E-state index >= 15 is 0 Å². The molecule has 1 aromatic heterocycles. The zero-order chi connectivity index (χ0) is 9.68. The predicted octanol–water partition coefficient (Wildman–Crippen LogP) is 1.17. The fraction of sp³-hybridized carbons (Fsp3) is 0.571. The molecule has 0 aliphatic carbocycles. The number of aliphatic carboxylic acids is 1. The van der Waals surface area contributed by atoms with Gasteiger partial charge in [0.05, 0.1) is 5.75 Å². The standard InChI is InChI=1S/C7H10N2O3S/c1-2-5(7(10)11)13-3-6-8-4-12-9-6/h4-5H,2-3H2,1H3,(H,10,11). The quantitative estimate of drug-likeness (QED) is 0.772. The highest BCUT2D eigenvalue weighted by atomic mass is 32.2. The van der Waals surface area contributed by atoms with Crippen LogP contribution in [0, 0.1) is 0 Å². The van der Waals surface area contributed by atoms with Gasteiger partial charge in [-0.25, -0.2) is 0 Å². The van der Waals surface area contributed by atoms with Gasteiger partial charge in [0.1, 0.15) is 5.25 Å². The Morgan fingerprint density at radius 1 is 1.85 bits per heavy atom. The lowest BCUT2D eigenvalue weighted by Gasteiger charge is -2.06. The number of hydrogen-bond acceptors (Lipinski definition) is 5. The van der Waals surface area contributed by atoms with Crippen LogP contribution in [0.25, 0.3) is 0 Å². The van der Waals surface area contributed by atoms with Crippen LogP contribution in [0.2, 0.25) is 0 Å². The van der Waals surface area contributed by atoms with E-state index in [-0.39, 0.29) is 0 Å². The van der Waals surface area contributed by atoms with Crippen molar-refractivity contribution in [3.63, 3.8) is 0 Å². The number of aromatic nitrogens is 2. The Morgan fingerprint density at radius 2 is 2.62 bits per heavy atom. The molecule has 1 N–H and O–H groups in total. The van der Waals surface area contributed by atoms with Crippen LogP contribution in [0.5, 0.6) is 0 Å². The van der Waals surface area contributed by atoms with Crippen molar-refractivity contribution in [1.82, 2.24) is 10.1 Å². The Bertz CT molecular complexity index is 263. The van der Waals surface area contributed by atoms with E-state index in [4.69, 9.17) is 5.11 Å². The summed E-state index contributed by atoms with van der Waals surface area (Å²) in [5.41, 5.74) is 0. The smallest absolute Gasteiger partial charge is 0.316 e. The van der Waals surface area contributed by atoms with Crippen LogP contribution in [0.3, 0.4) is 0 Å². The topological polar surface area (TPSA) is 76.2 Å². The number of hydrogen-bond donors (Lipinski definition) is 1. The molecule has 72 valence electrons. The van der Waals surface area contributed by atoms with Gasteiger partial charge in [-0.2, -0.15) is 4.98 Å². The molecule has 5 nitrogen and oxygen atoms in total. The van der Waals surface area contributed by atoms with Gasteiger partial charge in [-0.05, 0) is 6.42 Å². The van der Waals surface area contributed by atoms with Gasteiger partial charge in [-0.1, -0.05) is 12.1 Å². The van der Waals surface area contributed by atoms with E-state index in [9.17, 15) is 4.79 Å². The summed E-state index contributed by atoms with van der Waals surface area (Å²) >= 11 is 1.30. The monoisotopic (exact) mass is 202 g/mol. The second kappa shape index (κ2) is 4.86. The number of carboxylic acids is 1. The maximum absolute atomic E-state index is 10.6. The molecule has 0 amide bonds. The lowest BCUT2D eigenvalue weighted by Crippen LogP contribution is -2.15. The number of thioether (sulfide) groups is 1. The van der Waals surface area contributed by atoms with E-state index in [1.807, 2.05) is 6.92 Å². The van der Waals surface area contributed by atoms with Crippen LogP contribution < -0.4 is 0 Å². The first-order valence-electron chi connectivity index (χ1n) is 3.83. The van der Waals surface area contributed by atoms with Crippen LogP contribution in [-0.2, 0) is 10.5 Å². The predicted molar refractivity (Wildman–Crippen MR) is 47.3 cm³/mol.